The van der Waals surface area contributed by atoms with Gasteiger partial charge in [0, 0.05) is 0 Å². The second kappa shape index (κ2) is 13.1. The molecule has 1 heteroatoms. The first-order chi connectivity index (χ1) is 13.3. The molecule has 164 valence electrons. The van der Waals surface area contributed by atoms with Crippen molar-refractivity contribution in [3.05, 3.63) is 35.4 Å². The minimum absolute atomic E-state index is 0.347. The molecule has 0 N–H and O–H groups in total. The van der Waals surface area contributed by atoms with Crippen molar-refractivity contribution >= 4 is 7.26 Å². The molecule has 0 saturated heterocycles. The molecule has 0 fully saturated rings. The van der Waals surface area contributed by atoms with E-state index in [1.807, 2.05) is 0 Å². The topological polar surface area (TPSA) is 0 Å². The van der Waals surface area contributed by atoms with E-state index in [0.717, 1.165) is 0 Å². The Labute approximate surface area is 178 Å². The Kier molecular flexibility index (Phi) is 12.0. The molecule has 0 saturated carbocycles. The van der Waals surface area contributed by atoms with Crippen LogP contribution in [0.2, 0.25) is 0 Å². The van der Waals surface area contributed by atoms with Crippen LogP contribution in [0.3, 0.4) is 0 Å². The molecular formula is C27H51P. The molecule has 0 amide bonds. The second-order valence-corrected chi connectivity index (χ2v) is 15.3. The van der Waals surface area contributed by atoms with E-state index in [0.29, 0.717) is 11.3 Å². The van der Waals surface area contributed by atoms with Crippen molar-refractivity contribution in [2.45, 2.75) is 112 Å². The van der Waals surface area contributed by atoms with Crippen molar-refractivity contribution in [1.29, 1.82) is 0 Å². The van der Waals surface area contributed by atoms with Crippen LogP contribution in [0.25, 0.3) is 0 Å². The van der Waals surface area contributed by atoms with Gasteiger partial charge in [-0.1, -0.05) is 0 Å². The van der Waals surface area contributed by atoms with Crippen LogP contribution in [-0.2, 0) is 6.16 Å². The molecule has 0 aliphatic heterocycles. The summed E-state index contributed by atoms with van der Waals surface area (Å²) in [6.07, 6.45) is 17.0. The van der Waals surface area contributed by atoms with Crippen LogP contribution >= 0.6 is 7.26 Å². The van der Waals surface area contributed by atoms with E-state index in [-0.39, 0.29) is 0 Å². The molecule has 1 rings (SSSR count). The molecule has 0 aliphatic rings. The van der Waals surface area contributed by atoms with E-state index in [2.05, 4.69) is 72.7 Å². The van der Waals surface area contributed by atoms with Gasteiger partial charge in [0.25, 0.3) is 0 Å². The van der Waals surface area contributed by atoms with Crippen LogP contribution in [0.15, 0.2) is 24.3 Å². The Balaban J connectivity index is 3.03. The van der Waals surface area contributed by atoms with Gasteiger partial charge < -0.3 is 0 Å². The maximum atomic E-state index is 2.50. The molecule has 0 radical (unpaired) electrons. The van der Waals surface area contributed by atoms with Gasteiger partial charge in [-0.25, -0.2) is 0 Å². The fraction of sp³-hybridized carbons (Fsp3) is 0.778. The predicted molar refractivity (Wildman–Crippen MR) is 135 cm³/mol. The van der Waals surface area contributed by atoms with Gasteiger partial charge in [0.15, 0.2) is 0 Å². The SMILES string of the molecule is CCCC[PH](CCCC)(CCCC)Cc1ccc(C(CCC)C(C)(C)C)cc1. The zero-order chi connectivity index (χ0) is 21.0. The van der Waals surface area contributed by atoms with Gasteiger partial charge in [0.2, 0.25) is 0 Å². The monoisotopic (exact) mass is 406 g/mol. The molecular weight excluding hydrogens is 355 g/mol. The zero-order valence-corrected chi connectivity index (χ0v) is 21.4. The van der Waals surface area contributed by atoms with Crippen LogP contribution < -0.4 is 0 Å². The number of hydrogen-bond donors (Lipinski definition) is 0. The predicted octanol–water partition coefficient (Wildman–Crippen LogP) is 9.27. The van der Waals surface area contributed by atoms with Gasteiger partial charge in [-0.2, -0.15) is 0 Å². The van der Waals surface area contributed by atoms with Crippen LogP contribution in [-0.4, -0.2) is 18.5 Å². The summed E-state index contributed by atoms with van der Waals surface area (Å²) in [5, 5.41) is 0. The van der Waals surface area contributed by atoms with Crippen molar-refractivity contribution in [2.24, 2.45) is 5.41 Å². The molecule has 0 spiro atoms. The summed E-state index contributed by atoms with van der Waals surface area (Å²) in [7, 11) is -1.20. The van der Waals surface area contributed by atoms with Crippen LogP contribution in [0, 0.1) is 5.41 Å². The summed E-state index contributed by atoms with van der Waals surface area (Å²) in [4.78, 5) is 0. The number of rotatable bonds is 14. The summed E-state index contributed by atoms with van der Waals surface area (Å²) in [6.45, 7) is 16.6. The van der Waals surface area contributed by atoms with Crippen LogP contribution in [0.1, 0.15) is 117 Å². The Hall–Kier alpha value is -0.350. The first-order valence-electron chi connectivity index (χ1n) is 12.4. The second-order valence-electron chi connectivity index (χ2n) is 10.4. The van der Waals surface area contributed by atoms with E-state index in [1.54, 1.807) is 29.6 Å². The van der Waals surface area contributed by atoms with E-state index >= 15 is 0 Å². The molecule has 1 unspecified atom stereocenters. The first kappa shape index (κ1) is 25.7. The molecule has 0 bridgehead atoms. The number of unbranched alkanes of at least 4 members (excludes halogenated alkanes) is 3. The van der Waals surface area contributed by atoms with Gasteiger partial charge in [-0.3, -0.25) is 0 Å². The molecule has 0 heterocycles. The summed E-state index contributed by atoms with van der Waals surface area (Å²) in [5.41, 5.74) is 3.53. The van der Waals surface area contributed by atoms with Crippen LogP contribution in [0.5, 0.6) is 0 Å². The fourth-order valence-corrected chi connectivity index (χ4v) is 10.7. The number of benzene rings is 1. The van der Waals surface area contributed by atoms with E-state index in [4.69, 9.17) is 0 Å². The van der Waals surface area contributed by atoms with Gasteiger partial charge in [0.1, 0.15) is 0 Å². The molecule has 1 atom stereocenters. The Bertz CT molecular complexity index is 486. The fourth-order valence-electron chi connectivity index (χ4n) is 4.98. The van der Waals surface area contributed by atoms with Crippen molar-refractivity contribution in [2.75, 3.05) is 18.5 Å². The Morgan fingerprint density at radius 3 is 1.54 bits per heavy atom. The summed E-state index contributed by atoms with van der Waals surface area (Å²) in [5.74, 6) is 0.675. The number of hydrogen-bond acceptors (Lipinski definition) is 0. The molecule has 1 aromatic rings. The first-order valence-corrected chi connectivity index (χ1v) is 15.2. The average molecular weight is 407 g/mol. The summed E-state index contributed by atoms with van der Waals surface area (Å²) in [6, 6.07) is 9.93. The average Bonchev–Trinajstić information content (AvgIpc) is 2.67. The van der Waals surface area contributed by atoms with Crippen molar-refractivity contribution in [3.8, 4) is 0 Å². The van der Waals surface area contributed by atoms with E-state index in [1.165, 1.54) is 57.5 Å². The Morgan fingerprint density at radius 2 is 1.18 bits per heavy atom. The minimum atomic E-state index is -1.20. The molecule has 0 aromatic heterocycles. The zero-order valence-electron chi connectivity index (χ0n) is 20.4. The molecule has 28 heavy (non-hydrogen) atoms. The van der Waals surface area contributed by atoms with Gasteiger partial charge in [-0.05, 0) is 0 Å². The van der Waals surface area contributed by atoms with Crippen molar-refractivity contribution in [3.63, 3.8) is 0 Å². The maximum absolute atomic E-state index is 2.50. The quantitative estimate of drug-likeness (QED) is 0.270. The van der Waals surface area contributed by atoms with E-state index in [9.17, 15) is 0 Å². The Morgan fingerprint density at radius 1 is 0.714 bits per heavy atom. The van der Waals surface area contributed by atoms with Crippen molar-refractivity contribution < 1.29 is 0 Å². The third kappa shape index (κ3) is 8.57. The third-order valence-electron chi connectivity index (χ3n) is 6.77. The standard InChI is InChI=1S/C27H51P/c1-8-12-20-28(21-13-9-2,22-14-10-3)23-24-16-18-25(19-17-24)26(15-11-4)27(5,6)7/h16-19,26,28H,8-15,20-23H2,1-7H3. The van der Waals surface area contributed by atoms with Gasteiger partial charge >= 0.3 is 178 Å². The summed E-state index contributed by atoms with van der Waals surface area (Å²) >= 11 is 0. The van der Waals surface area contributed by atoms with Crippen LogP contribution in [0.4, 0.5) is 0 Å². The van der Waals surface area contributed by atoms with E-state index < -0.39 is 7.26 Å². The van der Waals surface area contributed by atoms with Gasteiger partial charge in [-0.15, -0.1) is 0 Å². The molecule has 0 nitrogen and oxygen atoms in total. The van der Waals surface area contributed by atoms with Gasteiger partial charge in [0.05, 0.1) is 0 Å². The molecule has 1 aromatic carbocycles. The molecule has 0 aliphatic carbocycles. The summed E-state index contributed by atoms with van der Waals surface area (Å²) < 4.78 is 0. The third-order valence-corrected chi connectivity index (χ3v) is 12.2. The normalized spacial score (nSPS) is 14.2. The van der Waals surface area contributed by atoms with Crippen molar-refractivity contribution in [1.82, 2.24) is 0 Å².